The number of aromatic nitrogens is 1. The van der Waals surface area contributed by atoms with Gasteiger partial charge in [-0.3, -0.25) is 0 Å². The molecule has 0 radical (unpaired) electrons. The van der Waals surface area contributed by atoms with Crippen LogP contribution in [0.1, 0.15) is 5.56 Å². The van der Waals surface area contributed by atoms with Crippen LogP contribution in [-0.2, 0) is 6.18 Å². The maximum absolute atomic E-state index is 12.6. The second-order valence-electron chi connectivity index (χ2n) is 4.41. The summed E-state index contributed by atoms with van der Waals surface area (Å²) < 4.78 is 44.1. The molecule has 0 atom stereocenters. The van der Waals surface area contributed by atoms with Gasteiger partial charge in [0.05, 0.1) is 15.6 Å². The van der Waals surface area contributed by atoms with Crippen LogP contribution in [0.2, 0.25) is 0 Å². The molecule has 0 saturated carbocycles. The monoisotopic (exact) mass is 356 g/mol. The summed E-state index contributed by atoms with van der Waals surface area (Å²) in [6, 6.07) is 8.40. The first-order valence-corrected chi connectivity index (χ1v) is 6.68. The average Bonchev–Trinajstić information content (AvgIpc) is 2.82. The van der Waals surface area contributed by atoms with Crippen LogP contribution in [0.15, 0.2) is 45.3 Å². The van der Waals surface area contributed by atoms with Crippen LogP contribution in [0.3, 0.4) is 0 Å². The third kappa shape index (κ3) is 2.49. The van der Waals surface area contributed by atoms with Crippen molar-refractivity contribution in [1.82, 2.24) is 4.98 Å². The Labute approximate surface area is 125 Å². The third-order valence-corrected chi connectivity index (χ3v) is 3.60. The molecule has 0 fully saturated rings. The molecule has 0 unspecified atom stereocenters. The second-order valence-corrected chi connectivity index (χ2v) is 5.26. The highest BCUT2D eigenvalue weighted by atomic mass is 79.9. The molecule has 0 saturated heterocycles. The number of anilines is 1. The lowest BCUT2D eigenvalue weighted by molar-refractivity contribution is -0.137. The van der Waals surface area contributed by atoms with Crippen molar-refractivity contribution in [2.24, 2.45) is 0 Å². The van der Waals surface area contributed by atoms with Crippen LogP contribution in [0.4, 0.5) is 18.9 Å². The topological polar surface area (TPSA) is 52.0 Å². The van der Waals surface area contributed by atoms with E-state index in [1.807, 2.05) is 0 Å². The molecule has 7 heteroatoms. The van der Waals surface area contributed by atoms with Crippen molar-refractivity contribution >= 4 is 32.7 Å². The number of nitrogen functional groups attached to an aromatic ring is 1. The van der Waals surface area contributed by atoms with Gasteiger partial charge in [-0.25, -0.2) is 4.98 Å². The van der Waals surface area contributed by atoms with E-state index in [-0.39, 0.29) is 11.6 Å². The van der Waals surface area contributed by atoms with E-state index >= 15 is 0 Å². The van der Waals surface area contributed by atoms with Gasteiger partial charge in [-0.1, -0.05) is 6.07 Å². The van der Waals surface area contributed by atoms with Crippen molar-refractivity contribution < 1.29 is 17.6 Å². The summed E-state index contributed by atoms with van der Waals surface area (Å²) in [7, 11) is 0. The van der Waals surface area contributed by atoms with E-state index in [1.165, 1.54) is 6.07 Å². The predicted molar refractivity (Wildman–Crippen MR) is 76.6 cm³/mol. The minimum absolute atomic E-state index is 0.0347. The molecule has 108 valence electrons. The molecule has 2 N–H and O–H groups in total. The average molecular weight is 357 g/mol. The highest BCUT2D eigenvalue weighted by Crippen LogP contribution is 2.36. The Morgan fingerprint density at radius 2 is 1.90 bits per heavy atom. The molecule has 0 spiro atoms. The largest absolute Gasteiger partial charge is 0.435 e. The molecule has 0 aliphatic rings. The lowest BCUT2D eigenvalue weighted by Gasteiger charge is -2.08. The number of rotatable bonds is 1. The van der Waals surface area contributed by atoms with E-state index in [1.54, 1.807) is 18.2 Å². The van der Waals surface area contributed by atoms with Gasteiger partial charge >= 0.3 is 6.18 Å². The molecule has 2 aromatic carbocycles. The smallest absolute Gasteiger partial charge is 0.416 e. The van der Waals surface area contributed by atoms with Crippen molar-refractivity contribution in [2.75, 3.05) is 5.73 Å². The Morgan fingerprint density at radius 1 is 1.14 bits per heavy atom. The lowest BCUT2D eigenvalue weighted by Crippen LogP contribution is -2.06. The molecule has 1 aromatic heterocycles. The Kier molecular flexibility index (Phi) is 3.16. The number of para-hydroxylation sites is 1. The summed E-state index contributed by atoms with van der Waals surface area (Å²) in [4.78, 5) is 4.24. The Hall–Kier alpha value is -2.02. The third-order valence-electron chi connectivity index (χ3n) is 2.98. The fourth-order valence-electron chi connectivity index (χ4n) is 1.96. The molecule has 3 rings (SSSR count). The van der Waals surface area contributed by atoms with E-state index in [2.05, 4.69) is 20.9 Å². The van der Waals surface area contributed by atoms with Gasteiger partial charge in [0.15, 0.2) is 5.58 Å². The van der Waals surface area contributed by atoms with Gasteiger partial charge in [0, 0.05) is 5.69 Å². The fraction of sp³-hybridized carbons (Fsp3) is 0.0714. The maximum Gasteiger partial charge on any atom is 0.416 e. The van der Waals surface area contributed by atoms with Crippen LogP contribution in [0.25, 0.3) is 22.6 Å². The zero-order valence-electron chi connectivity index (χ0n) is 10.4. The number of nitrogens with two attached hydrogens (primary N) is 1. The van der Waals surface area contributed by atoms with Gasteiger partial charge in [-0.05, 0) is 46.3 Å². The Bertz CT molecular complexity index is 827. The SMILES string of the molecule is Nc1cc(C(F)(F)F)ccc1-c1nc2cccc(Br)c2o1. The molecular weight excluding hydrogens is 349 g/mol. The summed E-state index contributed by atoms with van der Waals surface area (Å²) in [5, 5.41) is 0. The van der Waals surface area contributed by atoms with Gasteiger partial charge in [0.2, 0.25) is 5.89 Å². The lowest BCUT2D eigenvalue weighted by atomic mass is 10.1. The van der Waals surface area contributed by atoms with E-state index in [9.17, 15) is 13.2 Å². The number of halogens is 4. The van der Waals surface area contributed by atoms with Crippen molar-refractivity contribution in [3.05, 3.63) is 46.4 Å². The van der Waals surface area contributed by atoms with Crippen molar-refractivity contribution in [2.45, 2.75) is 6.18 Å². The number of benzene rings is 2. The van der Waals surface area contributed by atoms with E-state index in [0.29, 0.717) is 21.1 Å². The first-order valence-electron chi connectivity index (χ1n) is 5.88. The highest BCUT2D eigenvalue weighted by molar-refractivity contribution is 9.10. The molecule has 3 aromatic rings. The van der Waals surface area contributed by atoms with Crippen LogP contribution in [0.5, 0.6) is 0 Å². The van der Waals surface area contributed by atoms with Gasteiger partial charge in [0.1, 0.15) is 5.52 Å². The highest BCUT2D eigenvalue weighted by Gasteiger charge is 2.31. The van der Waals surface area contributed by atoms with E-state index in [0.717, 1.165) is 12.1 Å². The first kappa shape index (κ1) is 13.9. The van der Waals surface area contributed by atoms with Crippen LogP contribution in [-0.4, -0.2) is 4.98 Å². The summed E-state index contributed by atoms with van der Waals surface area (Å²) in [6.45, 7) is 0. The number of nitrogens with zero attached hydrogens (tertiary/aromatic N) is 1. The number of hydrogen-bond acceptors (Lipinski definition) is 3. The normalized spacial score (nSPS) is 12.0. The summed E-state index contributed by atoms with van der Waals surface area (Å²) in [5.41, 5.74) is 6.30. The number of oxazole rings is 1. The number of alkyl halides is 3. The molecule has 0 bridgehead atoms. The summed E-state index contributed by atoms with van der Waals surface area (Å²) in [5.74, 6) is 0.183. The molecule has 1 heterocycles. The standard InChI is InChI=1S/C14H8BrF3N2O/c15-9-2-1-3-11-12(9)21-13(20-11)8-5-4-7(6-10(8)19)14(16,17)18/h1-6H,19H2. The summed E-state index contributed by atoms with van der Waals surface area (Å²) in [6.07, 6.45) is -4.43. The number of fused-ring (bicyclic) bond motifs is 1. The number of hydrogen-bond donors (Lipinski definition) is 1. The zero-order chi connectivity index (χ0) is 15.2. The zero-order valence-corrected chi connectivity index (χ0v) is 12.0. The fourth-order valence-corrected chi connectivity index (χ4v) is 2.40. The molecule has 3 nitrogen and oxygen atoms in total. The minimum atomic E-state index is -4.43. The minimum Gasteiger partial charge on any atom is -0.435 e. The van der Waals surface area contributed by atoms with Crippen molar-refractivity contribution in [3.63, 3.8) is 0 Å². The molecule has 0 aliphatic carbocycles. The quantitative estimate of drug-likeness (QED) is 0.633. The second kappa shape index (κ2) is 4.77. The van der Waals surface area contributed by atoms with Gasteiger partial charge in [-0.15, -0.1) is 0 Å². The molecule has 21 heavy (non-hydrogen) atoms. The van der Waals surface area contributed by atoms with Gasteiger partial charge < -0.3 is 10.2 Å². The van der Waals surface area contributed by atoms with Crippen LogP contribution >= 0.6 is 15.9 Å². The molecule has 0 amide bonds. The Morgan fingerprint density at radius 3 is 2.52 bits per heavy atom. The molecular formula is C14H8BrF3N2O. The van der Waals surface area contributed by atoms with Crippen molar-refractivity contribution in [1.29, 1.82) is 0 Å². The van der Waals surface area contributed by atoms with Crippen LogP contribution < -0.4 is 5.73 Å². The van der Waals surface area contributed by atoms with Gasteiger partial charge in [-0.2, -0.15) is 13.2 Å². The summed E-state index contributed by atoms with van der Waals surface area (Å²) >= 11 is 3.33. The maximum atomic E-state index is 12.6. The van der Waals surface area contributed by atoms with Crippen molar-refractivity contribution in [3.8, 4) is 11.5 Å². The first-order chi connectivity index (χ1) is 9.86. The van der Waals surface area contributed by atoms with Gasteiger partial charge in [0.25, 0.3) is 0 Å². The predicted octanol–water partition coefficient (Wildman–Crippen LogP) is 4.86. The van der Waals surface area contributed by atoms with E-state index < -0.39 is 11.7 Å². The van der Waals surface area contributed by atoms with E-state index in [4.69, 9.17) is 10.2 Å². The van der Waals surface area contributed by atoms with Crippen LogP contribution in [0, 0.1) is 0 Å². The Balaban J connectivity index is 2.13. The molecule has 0 aliphatic heterocycles.